The standard InChI is InChI=1S/C13H4F23I/c14-3(15,1-2-37)5(17,18)8(23,24)6(19,20)4(16,12(31,32)33)7(21,22)9(25,26)10(27,28)11(29,30)13(34,35)36/h1-2H2. The third kappa shape index (κ3) is 4.44. The molecule has 0 nitrogen and oxygen atoms in total. The molecule has 0 bridgehead atoms. The van der Waals surface area contributed by atoms with Crippen LogP contribution in [-0.4, -0.2) is 69.8 Å². The van der Waals surface area contributed by atoms with Crippen molar-refractivity contribution >= 4 is 22.6 Å². The predicted octanol–water partition coefficient (Wildman–Crippen LogP) is 8.73. The second kappa shape index (κ2) is 9.08. The summed E-state index contributed by atoms with van der Waals surface area (Å²) in [6.45, 7) is 0. The lowest BCUT2D eigenvalue weighted by Gasteiger charge is -2.48. The van der Waals surface area contributed by atoms with Gasteiger partial charge in [-0.2, -0.15) is 96.6 Å². The van der Waals surface area contributed by atoms with Crippen molar-refractivity contribution in [2.75, 3.05) is 4.43 Å². The molecule has 0 amide bonds. The summed E-state index contributed by atoms with van der Waals surface area (Å²) in [5.41, 5.74) is -9.64. The van der Waals surface area contributed by atoms with Gasteiger partial charge in [0.1, 0.15) is 0 Å². The Bertz CT molecular complexity index is 817. The average Bonchev–Trinajstić information content (AvgIpc) is 2.64. The summed E-state index contributed by atoms with van der Waals surface area (Å²) in [6, 6.07) is 0. The highest BCUT2D eigenvalue weighted by molar-refractivity contribution is 14.1. The number of alkyl halides is 24. The smallest absolute Gasteiger partial charge is 0.219 e. The summed E-state index contributed by atoms with van der Waals surface area (Å²) >= 11 is 0.611. The third-order valence-electron chi connectivity index (χ3n) is 4.45. The van der Waals surface area contributed by atoms with E-state index in [4.69, 9.17) is 0 Å². The molecule has 0 saturated heterocycles. The third-order valence-corrected chi connectivity index (χ3v) is 4.99. The van der Waals surface area contributed by atoms with E-state index in [1.165, 1.54) is 0 Å². The number of hydrogen-bond acceptors (Lipinski definition) is 0. The zero-order valence-corrected chi connectivity index (χ0v) is 18.1. The maximum atomic E-state index is 14.1. The van der Waals surface area contributed by atoms with Crippen LogP contribution in [0.1, 0.15) is 6.42 Å². The molecule has 0 aromatic heterocycles. The van der Waals surface area contributed by atoms with Crippen LogP contribution in [0.5, 0.6) is 0 Å². The maximum Gasteiger partial charge on any atom is 0.460 e. The monoisotopic (exact) mass is 724 g/mol. The molecule has 224 valence electrons. The van der Waals surface area contributed by atoms with Crippen molar-refractivity contribution in [3.63, 3.8) is 0 Å². The molecule has 0 aliphatic rings. The van der Waals surface area contributed by atoms with Crippen LogP contribution < -0.4 is 0 Å². The molecule has 0 heterocycles. The zero-order chi connectivity index (χ0) is 30.9. The quantitative estimate of drug-likeness (QED) is 0.120. The van der Waals surface area contributed by atoms with Crippen molar-refractivity contribution < 1.29 is 101 Å². The highest BCUT2D eigenvalue weighted by Gasteiger charge is 3.01. The molecule has 0 radical (unpaired) electrons. The molecular formula is C13H4F23I. The Labute approximate surface area is 200 Å². The Kier molecular flexibility index (Phi) is 8.86. The van der Waals surface area contributed by atoms with E-state index in [0.29, 0.717) is 22.6 Å². The van der Waals surface area contributed by atoms with Gasteiger partial charge in [0, 0.05) is 10.8 Å². The van der Waals surface area contributed by atoms with E-state index in [2.05, 4.69) is 0 Å². The first-order valence-electron chi connectivity index (χ1n) is 7.97. The second-order valence-corrected chi connectivity index (χ2v) is 7.90. The van der Waals surface area contributed by atoms with E-state index in [9.17, 15) is 101 Å². The van der Waals surface area contributed by atoms with E-state index in [0.717, 1.165) is 0 Å². The van der Waals surface area contributed by atoms with Gasteiger partial charge in [-0.3, -0.25) is 0 Å². The minimum absolute atomic E-state index is 0.611. The summed E-state index contributed by atoms with van der Waals surface area (Å²) < 4.78 is 302. The SMILES string of the molecule is FC(F)(F)C(F)(F)C(F)(F)C(F)(F)C(F)(F)C(F)(C(F)(F)F)C(F)(F)C(F)(F)C(F)(F)C(F)(F)CCI. The van der Waals surface area contributed by atoms with Gasteiger partial charge in [0.25, 0.3) is 0 Å². The fourth-order valence-electron chi connectivity index (χ4n) is 2.26. The second-order valence-electron chi connectivity index (χ2n) is 6.82. The van der Waals surface area contributed by atoms with E-state index in [1.54, 1.807) is 0 Å². The Morgan fingerprint density at radius 3 is 0.838 bits per heavy atom. The highest BCUT2D eigenvalue weighted by Crippen LogP contribution is 2.69. The van der Waals surface area contributed by atoms with Gasteiger partial charge in [-0.15, -0.1) is 0 Å². The van der Waals surface area contributed by atoms with Gasteiger partial charge in [0.2, 0.25) is 0 Å². The lowest BCUT2D eigenvalue weighted by Crippen LogP contribution is -2.81. The minimum atomic E-state index is -9.64. The van der Waals surface area contributed by atoms with E-state index >= 15 is 0 Å². The zero-order valence-electron chi connectivity index (χ0n) is 16.0. The molecule has 0 spiro atoms. The normalized spacial score (nSPS) is 18.2. The first-order chi connectivity index (χ1) is 15.6. The lowest BCUT2D eigenvalue weighted by atomic mass is 9.77. The van der Waals surface area contributed by atoms with E-state index in [-0.39, 0.29) is 0 Å². The fraction of sp³-hybridized carbons (Fsp3) is 1.00. The molecule has 0 aromatic carbocycles. The van der Waals surface area contributed by atoms with Gasteiger partial charge < -0.3 is 0 Å². The summed E-state index contributed by atoms with van der Waals surface area (Å²) in [5.74, 6) is -70.0. The number of halogens is 24. The van der Waals surface area contributed by atoms with Crippen LogP contribution in [0.2, 0.25) is 0 Å². The molecule has 1 atom stereocenters. The fourth-order valence-corrected chi connectivity index (χ4v) is 2.94. The van der Waals surface area contributed by atoms with Gasteiger partial charge in [0.15, 0.2) is 0 Å². The Balaban J connectivity index is 7.66. The summed E-state index contributed by atoms with van der Waals surface area (Å²) in [7, 11) is 0. The van der Waals surface area contributed by atoms with Gasteiger partial charge >= 0.3 is 65.4 Å². The molecular weight excluding hydrogens is 720 g/mol. The van der Waals surface area contributed by atoms with E-state index < -0.39 is 76.2 Å². The molecule has 0 aliphatic carbocycles. The van der Waals surface area contributed by atoms with Crippen LogP contribution in [-0.2, 0) is 0 Å². The van der Waals surface area contributed by atoms with Gasteiger partial charge in [0.05, 0.1) is 0 Å². The lowest BCUT2D eigenvalue weighted by molar-refractivity contribution is -0.484. The molecule has 0 saturated carbocycles. The van der Waals surface area contributed by atoms with Crippen molar-refractivity contribution in [2.24, 2.45) is 0 Å². The molecule has 0 N–H and O–H groups in total. The van der Waals surface area contributed by atoms with Crippen molar-refractivity contribution in [1.29, 1.82) is 0 Å². The average molecular weight is 724 g/mol. The molecule has 0 rings (SSSR count). The number of hydrogen-bond donors (Lipinski definition) is 0. The first-order valence-corrected chi connectivity index (χ1v) is 9.49. The molecule has 24 heteroatoms. The summed E-state index contributed by atoms with van der Waals surface area (Å²) in [5, 5.41) is 0. The van der Waals surface area contributed by atoms with Crippen LogP contribution in [0.3, 0.4) is 0 Å². The number of rotatable bonds is 10. The summed E-state index contributed by atoms with van der Waals surface area (Å²) in [6.07, 6.45) is -19.9. The van der Waals surface area contributed by atoms with Crippen molar-refractivity contribution in [2.45, 2.75) is 71.8 Å². The molecule has 0 aromatic rings. The molecule has 37 heavy (non-hydrogen) atoms. The van der Waals surface area contributed by atoms with Crippen LogP contribution >= 0.6 is 22.6 Å². The van der Waals surface area contributed by atoms with Crippen molar-refractivity contribution in [1.82, 2.24) is 0 Å². The van der Waals surface area contributed by atoms with Crippen molar-refractivity contribution in [3.8, 4) is 0 Å². The maximum absolute atomic E-state index is 14.1. The van der Waals surface area contributed by atoms with Gasteiger partial charge in [-0.25, -0.2) is 4.39 Å². The molecule has 0 aliphatic heterocycles. The Morgan fingerprint density at radius 2 is 0.595 bits per heavy atom. The van der Waals surface area contributed by atoms with Crippen LogP contribution in [0.15, 0.2) is 0 Å². The molecule has 1 unspecified atom stereocenters. The highest BCUT2D eigenvalue weighted by atomic mass is 127. The van der Waals surface area contributed by atoms with Crippen LogP contribution in [0.25, 0.3) is 0 Å². The topological polar surface area (TPSA) is 0 Å². The van der Waals surface area contributed by atoms with Crippen molar-refractivity contribution in [3.05, 3.63) is 0 Å². The van der Waals surface area contributed by atoms with Gasteiger partial charge in [-0.05, 0) is 0 Å². The Morgan fingerprint density at radius 1 is 0.324 bits per heavy atom. The first kappa shape index (κ1) is 36.1. The van der Waals surface area contributed by atoms with E-state index in [1.807, 2.05) is 0 Å². The predicted molar refractivity (Wildman–Crippen MR) is 79.0 cm³/mol. The summed E-state index contributed by atoms with van der Waals surface area (Å²) in [4.78, 5) is 0. The van der Waals surface area contributed by atoms with Crippen LogP contribution in [0, 0.1) is 0 Å². The largest absolute Gasteiger partial charge is 0.460 e. The minimum Gasteiger partial charge on any atom is -0.219 e. The molecule has 0 fully saturated rings. The van der Waals surface area contributed by atoms with Crippen LogP contribution in [0.4, 0.5) is 101 Å². The Hall–Kier alpha value is -0.880. The van der Waals surface area contributed by atoms with Gasteiger partial charge in [-0.1, -0.05) is 22.6 Å².